The molecule has 0 amide bonds. The summed E-state index contributed by atoms with van der Waals surface area (Å²) in [6.07, 6.45) is 0.0176. The van der Waals surface area contributed by atoms with Crippen LogP contribution in [0.5, 0.6) is 17.2 Å². The summed E-state index contributed by atoms with van der Waals surface area (Å²) < 4.78 is 38.4. The fourth-order valence-corrected chi connectivity index (χ4v) is 3.20. The Morgan fingerprint density at radius 3 is 2.23 bits per heavy atom. The fourth-order valence-electron chi connectivity index (χ4n) is 3.20. The van der Waals surface area contributed by atoms with Gasteiger partial charge in [0.05, 0.1) is 27.1 Å². The second-order valence-electron chi connectivity index (χ2n) is 6.65. The first kappa shape index (κ1) is 20.1. The highest BCUT2D eigenvalue weighted by molar-refractivity contribution is 5.64. The lowest BCUT2D eigenvalue weighted by atomic mass is 10.0. The molecule has 0 aliphatic carbocycles. The molecule has 0 bridgehead atoms. The van der Waals surface area contributed by atoms with Crippen molar-refractivity contribution < 1.29 is 38.0 Å². The van der Waals surface area contributed by atoms with Crippen molar-refractivity contribution in [2.24, 2.45) is 0 Å². The zero-order valence-corrected chi connectivity index (χ0v) is 16.6. The topological polar surface area (TPSA) is 81.7 Å². The average molecular weight is 414 g/mol. The monoisotopic (exact) mass is 414 g/mol. The van der Waals surface area contributed by atoms with Gasteiger partial charge in [0.2, 0.25) is 0 Å². The lowest BCUT2D eigenvalue weighted by molar-refractivity contribution is -0.276. The SMILES string of the molecule is COc1ccc(OC(=O)O[C@@H]2C=CO[C@@H]3COC(c4ccc(OC)cc4)O[C@@H]23)cc1. The zero-order chi connectivity index (χ0) is 20.9. The summed E-state index contributed by atoms with van der Waals surface area (Å²) in [6, 6.07) is 14.0. The molecule has 0 spiro atoms. The van der Waals surface area contributed by atoms with Gasteiger partial charge in [-0.15, -0.1) is 0 Å². The van der Waals surface area contributed by atoms with E-state index in [2.05, 4.69) is 0 Å². The number of carbonyl (C=O) groups excluding carboxylic acids is 1. The van der Waals surface area contributed by atoms with E-state index in [0.717, 1.165) is 11.3 Å². The average Bonchev–Trinajstić information content (AvgIpc) is 2.79. The van der Waals surface area contributed by atoms with Crippen molar-refractivity contribution in [3.8, 4) is 17.2 Å². The Morgan fingerprint density at radius 2 is 1.57 bits per heavy atom. The van der Waals surface area contributed by atoms with Crippen molar-refractivity contribution in [3.63, 3.8) is 0 Å². The molecule has 8 heteroatoms. The van der Waals surface area contributed by atoms with Crippen LogP contribution >= 0.6 is 0 Å². The number of fused-ring (bicyclic) bond motifs is 1. The Bertz CT molecular complexity index is 877. The number of rotatable bonds is 5. The second kappa shape index (κ2) is 9.06. The van der Waals surface area contributed by atoms with E-state index in [1.54, 1.807) is 44.6 Å². The number of ether oxygens (including phenoxy) is 7. The van der Waals surface area contributed by atoms with Gasteiger partial charge in [-0.2, -0.15) is 0 Å². The van der Waals surface area contributed by atoms with Gasteiger partial charge in [0, 0.05) is 5.56 Å². The van der Waals surface area contributed by atoms with Gasteiger partial charge in [-0.25, -0.2) is 4.79 Å². The third kappa shape index (κ3) is 4.50. The smallest absolute Gasteiger partial charge is 0.497 e. The summed E-state index contributed by atoms with van der Waals surface area (Å²) in [7, 11) is 3.16. The van der Waals surface area contributed by atoms with Gasteiger partial charge in [-0.05, 0) is 42.5 Å². The first-order chi connectivity index (χ1) is 14.7. The predicted molar refractivity (Wildman–Crippen MR) is 104 cm³/mol. The molecule has 30 heavy (non-hydrogen) atoms. The van der Waals surface area contributed by atoms with Gasteiger partial charge in [-0.3, -0.25) is 0 Å². The number of hydrogen-bond donors (Lipinski definition) is 0. The second-order valence-corrected chi connectivity index (χ2v) is 6.65. The fraction of sp³-hybridized carbons (Fsp3) is 0.318. The minimum Gasteiger partial charge on any atom is -0.497 e. The summed E-state index contributed by atoms with van der Waals surface area (Å²) in [5.74, 6) is 1.74. The molecule has 2 aliphatic rings. The van der Waals surface area contributed by atoms with Crippen molar-refractivity contribution in [2.45, 2.75) is 24.6 Å². The van der Waals surface area contributed by atoms with Crippen LogP contribution in [-0.4, -0.2) is 45.3 Å². The third-order valence-electron chi connectivity index (χ3n) is 4.79. The molecular weight excluding hydrogens is 392 g/mol. The Hall–Kier alpha value is -3.23. The highest BCUT2D eigenvalue weighted by Crippen LogP contribution is 2.33. The zero-order valence-electron chi connectivity index (χ0n) is 16.6. The normalized spacial score (nSPS) is 24.9. The standard InChI is InChI=1S/C22H22O8/c1-24-15-5-3-14(4-6-15)21-27-13-19-20(30-21)18(11-12-26-19)29-22(23)28-17-9-7-16(25-2)8-10-17/h3-12,18-21H,13H2,1-2H3/t18-,19-,20+,21?/m1/s1. The summed E-state index contributed by atoms with van der Waals surface area (Å²) in [5, 5.41) is 0. The van der Waals surface area contributed by atoms with Crippen LogP contribution in [0.25, 0.3) is 0 Å². The van der Waals surface area contributed by atoms with E-state index in [1.807, 2.05) is 24.3 Å². The maximum atomic E-state index is 12.3. The van der Waals surface area contributed by atoms with Crippen LogP contribution in [0.3, 0.4) is 0 Å². The summed E-state index contributed by atoms with van der Waals surface area (Å²) in [4.78, 5) is 12.3. The Labute approximate surface area is 173 Å². The quantitative estimate of drug-likeness (QED) is 0.542. The first-order valence-corrected chi connectivity index (χ1v) is 9.42. The van der Waals surface area contributed by atoms with Gasteiger partial charge in [0.15, 0.2) is 18.5 Å². The van der Waals surface area contributed by atoms with Gasteiger partial charge in [-0.1, -0.05) is 12.1 Å². The Kier molecular flexibility index (Phi) is 6.06. The lowest BCUT2D eigenvalue weighted by Gasteiger charge is -2.40. The van der Waals surface area contributed by atoms with E-state index in [4.69, 9.17) is 33.2 Å². The lowest BCUT2D eigenvalue weighted by Crippen LogP contribution is -2.50. The summed E-state index contributed by atoms with van der Waals surface area (Å²) in [6.45, 7) is 0.291. The van der Waals surface area contributed by atoms with E-state index in [9.17, 15) is 4.79 Å². The molecule has 4 atom stereocenters. The van der Waals surface area contributed by atoms with Crippen LogP contribution in [0.15, 0.2) is 60.9 Å². The van der Waals surface area contributed by atoms with Crippen LogP contribution in [0.1, 0.15) is 11.9 Å². The highest BCUT2D eigenvalue weighted by atomic mass is 16.8. The van der Waals surface area contributed by atoms with Gasteiger partial charge < -0.3 is 33.2 Å². The van der Waals surface area contributed by atoms with Crippen LogP contribution in [0.4, 0.5) is 4.79 Å². The molecule has 2 aromatic rings. The molecule has 0 radical (unpaired) electrons. The highest BCUT2D eigenvalue weighted by Gasteiger charge is 2.42. The molecule has 2 aliphatic heterocycles. The number of benzene rings is 2. The van der Waals surface area contributed by atoms with Crippen molar-refractivity contribution in [2.75, 3.05) is 20.8 Å². The van der Waals surface area contributed by atoms with Gasteiger partial charge in [0.25, 0.3) is 0 Å². The molecule has 4 rings (SSSR count). The van der Waals surface area contributed by atoms with Crippen molar-refractivity contribution in [3.05, 3.63) is 66.4 Å². The molecule has 8 nitrogen and oxygen atoms in total. The summed E-state index contributed by atoms with van der Waals surface area (Å²) in [5.41, 5.74) is 0.823. The maximum absolute atomic E-state index is 12.3. The van der Waals surface area contributed by atoms with Gasteiger partial charge >= 0.3 is 6.16 Å². The van der Waals surface area contributed by atoms with E-state index in [1.165, 1.54) is 6.26 Å². The number of methoxy groups -OCH3 is 2. The molecule has 1 saturated heterocycles. The molecule has 0 N–H and O–H groups in total. The number of carbonyl (C=O) groups is 1. The van der Waals surface area contributed by atoms with E-state index >= 15 is 0 Å². The predicted octanol–water partition coefficient (Wildman–Crippen LogP) is 3.61. The van der Waals surface area contributed by atoms with Crippen LogP contribution in [0.2, 0.25) is 0 Å². The van der Waals surface area contributed by atoms with Gasteiger partial charge in [0.1, 0.15) is 23.4 Å². The maximum Gasteiger partial charge on any atom is 0.514 e. The molecule has 1 unspecified atom stereocenters. The molecule has 1 fully saturated rings. The molecular formula is C22H22O8. The minimum atomic E-state index is -0.841. The van der Waals surface area contributed by atoms with E-state index in [-0.39, 0.29) is 0 Å². The van der Waals surface area contributed by atoms with Crippen LogP contribution in [0, 0.1) is 0 Å². The third-order valence-corrected chi connectivity index (χ3v) is 4.79. The molecule has 0 saturated carbocycles. The number of hydrogen-bond acceptors (Lipinski definition) is 8. The molecule has 0 aromatic heterocycles. The van der Waals surface area contributed by atoms with Crippen molar-refractivity contribution in [1.29, 1.82) is 0 Å². The Morgan fingerprint density at radius 1 is 0.933 bits per heavy atom. The van der Waals surface area contributed by atoms with Crippen molar-refractivity contribution in [1.82, 2.24) is 0 Å². The minimum absolute atomic E-state index is 0.291. The van der Waals surface area contributed by atoms with Crippen LogP contribution in [-0.2, 0) is 18.9 Å². The van der Waals surface area contributed by atoms with E-state index in [0.29, 0.717) is 18.1 Å². The molecule has 158 valence electrons. The molecule has 2 heterocycles. The van der Waals surface area contributed by atoms with Crippen molar-refractivity contribution >= 4 is 6.16 Å². The largest absolute Gasteiger partial charge is 0.514 e. The Balaban J connectivity index is 1.40. The van der Waals surface area contributed by atoms with E-state index < -0.39 is 30.8 Å². The summed E-state index contributed by atoms with van der Waals surface area (Å²) >= 11 is 0. The molecule has 2 aromatic carbocycles. The van der Waals surface area contributed by atoms with Crippen LogP contribution < -0.4 is 14.2 Å². The first-order valence-electron chi connectivity index (χ1n) is 9.42.